The van der Waals surface area contributed by atoms with E-state index in [0.717, 1.165) is 43.5 Å². The predicted octanol–water partition coefficient (Wildman–Crippen LogP) is 0.873. The molecular formula is C12H18ClN3O2S. The van der Waals surface area contributed by atoms with Crippen LogP contribution in [0.15, 0.2) is 5.38 Å². The molecule has 2 heterocycles. The van der Waals surface area contributed by atoms with Gasteiger partial charge in [-0.25, -0.2) is 4.98 Å². The number of halogens is 1. The Labute approximate surface area is 121 Å². The molecule has 1 aromatic rings. The number of amides is 1. The van der Waals surface area contributed by atoms with Gasteiger partial charge in [0, 0.05) is 31.6 Å². The molecule has 7 heteroatoms. The van der Waals surface area contributed by atoms with E-state index in [9.17, 15) is 4.79 Å². The molecule has 1 N–H and O–H groups in total. The molecule has 1 saturated heterocycles. The lowest BCUT2D eigenvalue weighted by Gasteiger charge is -2.26. The third-order valence-electron chi connectivity index (χ3n) is 2.90. The Morgan fingerprint density at radius 1 is 1.53 bits per heavy atom. The molecule has 0 saturated carbocycles. The van der Waals surface area contributed by atoms with Gasteiger partial charge < -0.3 is 10.1 Å². The summed E-state index contributed by atoms with van der Waals surface area (Å²) in [7, 11) is 0. The van der Waals surface area contributed by atoms with E-state index in [4.69, 9.17) is 16.3 Å². The first-order valence-corrected chi connectivity index (χ1v) is 7.75. The fraction of sp³-hybridized carbons (Fsp3) is 0.667. The molecule has 1 aliphatic rings. The normalized spacial score (nSPS) is 16.5. The molecule has 5 nitrogen and oxygen atoms in total. The molecule has 1 aliphatic heterocycles. The molecule has 2 rings (SSSR count). The van der Waals surface area contributed by atoms with Crippen molar-refractivity contribution in [1.29, 1.82) is 0 Å². The summed E-state index contributed by atoms with van der Waals surface area (Å²) in [6.45, 7) is 5.01. The van der Waals surface area contributed by atoms with Crippen LogP contribution in [0.3, 0.4) is 0 Å². The standard InChI is InChI=1S/C12H18ClN3O2S/c13-8-10-9-19-12(15-10)7-11(17)14-1-2-16-3-5-18-6-4-16/h9H,1-8H2,(H,14,17). The second-order valence-electron chi connectivity index (χ2n) is 4.35. The number of hydrogen-bond donors (Lipinski definition) is 1. The number of ether oxygens (including phenoxy) is 1. The van der Waals surface area contributed by atoms with Crippen molar-refractivity contribution in [2.45, 2.75) is 12.3 Å². The molecule has 0 atom stereocenters. The molecule has 106 valence electrons. The van der Waals surface area contributed by atoms with Crippen LogP contribution in [-0.2, 0) is 21.8 Å². The highest BCUT2D eigenvalue weighted by molar-refractivity contribution is 7.09. The zero-order valence-electron chi connectivity index (χ0n) is 10.7. The molecule has 1 amide bonds. The first-order chi connectivity index (χ1) is 9.28. The SMILES string of the molecule is O=C(Cc1nc(CCl)cs1)NCCN1CCOCC1. The number of nitrogens with one attached hydrogen (secondary N) is 1. The molecule has 0 bridgehead atoms. The van der Waals surface area contributed by atoms with Crippen molar-refractivity contribution in [3.63, 3.8) is 0 Å². The van der Waals surface area contributed by atoms with Gasteiger partial charge in [0.25, 0.3) is 0 Å². The van der Waals surface area contributed by atoms with Crippen molar-refractivity contribution in [2.24, 2.45) is 0 Å². The summed E-state index contributed by atoms with van der Waals surface area (Å²) >= 11 is 7.15. The highest BCUT2D eigenvalue weighted by Crippen LogP contribution is 2.11. The van der Waals surface area contributed by atoms with Gasteiger partial charge in [-0.1, -0.05) is 0 Å². The Bertz CT molecular complexity index is 407. The van der Waals surface area contributed by atoms with Crippen LogP contribution in [0.1, 0.15) is 10.7 Å². The van der Waals surface area contributed by atoms with E-state index in [2.05, 4.69) is 15.2 Å². The number of carbonyl (C=O) groups is 1. The molecule has 19 heavy (non-hydrogen) atoms. The van der Waals surface area contributed by atoms with Gasteiger partial charge in [0.1, 0.15) is 5.01 Å². The van der Waals surface area contributed by atoms with Crippen molar-refractivity contribution < 1.29 is 9.53 Å². The van der Waals surface area contributed by atoms with Crippen LogP contribution < -0.4 is 5.32 Å². The third-order valence-corrected chi connectivity index (χ3v) is 4.07. The minimum Gasteiger partial charge on any atom is -0.379 e. The van der Waals surface area contributed by atoms with E-state index in [1.54, 1.807) is 0 Å². The lowest BCUT2D eigenvalue weighted by Crippen LogP contribution is -2.41. The van der Waals surface area contributed by atoms with Gasteiger partial charge in [0.15, 0.2) is 0 Å². The number of carbonyl (C=O) groups excluding carboxylic acids is 1. The summed E-state index contributed by atoms with van der Waals surface area (Å²) in [5, 5.41) is 5.63. The summed E-state index contributed by atoms with van der Waals surface area (Å²) in [4.78, 5) is 18.3. The molecule has 0 radical (unpaired) electrons. The maximum absolute atomic E-state index is 11.7. The summed E-state index contributed by atoms with van der Waals surface area (Å²) in [6.07, 6.45) is 0.338. The van der Waals surface area contributed by atoms with Crippen molar-refractivity contribution >= 4 is 28.8 Å². The average Bonchev–Trinajstić information content (AvgIpc) is 2.87. The largest absolute Gasteiger partial charge is 0.379 e. The Morgan fingerprint density at radius 2 is 2.32 bits per heavy atom. The Morgan fingerprint density at radius 3 is 3.00 bits per heavy atom. The van der Waals surface area contributed by atoms with Gasteiger partial charge in [0.2, 0.25) is 5.91 Å². The van der Waals surface area contributed by atoms with Crippen molar-refractivity contribution in [3.8, 4) is 0 Å². The maximum Gasteiger partial charge on any atom is 0.226 e. The van der Waals surface area contributed by atoms with Crippen LogP contribution in [0, 0.1) is 0 Å². The van der Waals surface area contributed by atoms with Crippen molar-refractivity contribution in [3.05, 3.63) is 16.1 Å². The maximum atomic E-state index is 11.7. The van der Waals surface area contributed by atoms with Crippen LogP contribution in [0.2, 0.25) is 0 Å². The molecule has 0 aliphatic carbocycles. The van der Waals surface area contributed by atoms with Gasteiger partial charge in [-0.05, 0) is 0 Å². The highest BCUT2D eigenvalue weighted by Gasteiger charge is 2.11. The quantitative estimate of drug-likeness (QED) is 0.793. The summed E-state index contributed by atoms with van der Waals surface area (Å²) < 4.78 is 5.27. The molecule has 0 unspecified atom stereocenters. The molecule has 0 aromatic carbocycles. The minimum atomic E-state index is 0.0173. The van der Waals surface area contributed by atoms with E-state index >= 15 is 0 Å². The van der Waals surface area contributed by atoms with Crippen LogP contribution >= 0.6 is 22.9 Å². The number of morpholine rings is 1. The van der Waals surface area contributed by atoms with E-state index in [1.807, 2.05) is 5.38 Å². The van der Waals surface area contributed by atoms with E-state index < -0.39 is 0 Å². The van der Waals surface area contributed by atoms with Gasteiger partial charge in [-0.15, -0.1) is 22.9 Å². The second kappa shape index (κ2) is 7.79. The summed E-state index contributed by atoms with van der Waals surface area (Å²) in [6, 6.07) is 0. The van der Waals surface area contributed by atoms with E-state index in [-0.39, 0.29) is 5.91 Å². The first-order valence-electron chi connectivity index (χ1n) is 6.34. The number of aromatic nitrogens is 1. The predicted molar refractivity (Wildman–Crippen MR) is 75.6 cm³/mol. The van der Waals surface area contributed by atoms with Crippen LogP contribution in [0.4, 0.5) is 0 Å². The smallest absolute Gasteiger partial charge is 0.226 e. The number of alkyl halides is 1. The number of rotatable bonds is 6. The minimum absolute atomic E-state index is 0.0173. The van der Waals surface area contributed by atoms with E-state index in [1.165, 1.54) is 11.3 Å². The van der Waals surface area contributed by atoms with E-state index in [0.29, 0.717) is 18.8 Å². The molecule has 1 fully saturated rings. The summed E-state index contributed by atoms with van der Waals surface area (Å²) in [5.41, 5.74) is 0.836. The van der Waals surface area contributed by atoms with Gasteiger partial charge >= 0.3 is 0 Å². The summed E-state index contributed by atoms with van der Waals surface area (Å²) in [5.74, 6) is 0.415. The van der Waals surface area contributed by atoms with Gasteiger partial charge in [-0.2, -0.15) is 0 Å². The highest BCUT2D eigenvalue weighted by atomic mass is 35.5. The zero-order valence-corrected chi connectivity index (χ0v) is 12.3. The monoisotopic (exact) mass is 303 g/mol. The molecule has 0 spiro atoms. The second-order valence-corrected chi connectivity index (χ2v) is 5.56. The number of nitrogens with zero attached hydrogens (tertiary/aromatic N) is 2. The molecule has 1 aromatic heterocycles. The van der Waals surface area contributed by atoms with Gasteiger partial charge in [0.05, 0.1) is 31.2 Å². The van der Waals surface area contributed by atoms with Crippen molar-refractivity contribution in [1.82, 2.24) is 15.2 Å². The zero-order chi connectivity index (χ0) is 13.5. The first kappa shape index (κ1) is 14.7. The van der Waals surface area contributed by atoms with Gasteiger partial charge in [-0.3, -0.25) is 9.69 Å². The average molecular weight is 304 g/mol. The fourth-order valence-corrected chi connectivity index (χ4v) is 2.89. The van der Waals surface area contributed by atoms with Crippen LogP contribution in [-0.4, -0.2) is 55.2 Å². The van der Waals surface area contributed by atoms with Crippen LogP contribution in [0.5, 0.6) is 0 Å². The number of hydrogen-bond acceptors (Lipinski definition) is 5. The Balaban J connectivity index is 1.63. The van der Waals surface area contributed by atoms with Crippen molar-refractivity contribution in [2.75, 3.05) is 39.4 Å². The fourth-order valence-electron chi connectivity index (χ4n) is 1.87. The third kappa shape index (κ3) is 5.06. The van der Waals surface area contributed by atoms with Crippen LogP contribution in [0.25, 0.3) is 0 Å². The molecular weight excluding hydrogens is 286 g/mol. The lowest BCUT2D eigenvalue weighted by atomic mass is 10.4. The Kier molecular flexibility index (Phi) is 6.03. The number of thiazole rings is 1. The topological polar surface area (TPSA) is 54.5 Å². The Hall–Kier alpha value is -0.690. The lowest BCUT2D eigenvalue weighted by molar-refractivity contribution is -0.120.